The second kappa shape index (κ2) is 18.2. The third kappa shape index (κ3) is 12.5. The Labute approximate surface area is 208 Å². The van der Waals surface area contributed by atoms with Crippen LogP contribution in [0.15, 0.2) is 52.7 Å². The third-order valence-electron chi connectivity index (χ3n) is 4.09. The molecule has 1 aromatic carbocycles. The van der Waals surface area contributed by atoms with Crippen LogP contribution in [0.3, 0.4) is 0 Å². The molecule has 0 spiro atoms. The first kappa shape index (κ1) is 30.7. The highest BCUT2D eigenvalue weighted by molar-refractivity contribution is 6.29. The van der Waals surface area contributed by atoms with Crippen LogP contribution in [0.1, 0.15) is 72.1 Å². The van der Waals surface area contributed by atoms with Gasteiger partial charge in [0.1, 0.15) is 5.82 Å². The van der Waals surface area contributed by atoms with E-state index in [1.54, 1.807) is 11.6 Å². The van der Waals surface area contributed by atoms with Crippen molar-refractivity contribution in [3.8, 4) is 5.69 Å². The van der Waals surface area contributed by atoms with Crippen LogP contribution in [0, 0.1) is 0 Å². The zero-order valence-electron chi connectivity index (χ0n) is 20.6. The van der Waals surface area contributed by atoms with Crippen LogP contribution >= 0.6 is 23.2 Å². The molecule has 0 saturated heterocycles. The van der Waals surface area contributed by atoms with E-state index in [0.29, 0.717) is 11.5 Å². The SMILES string of the molecule is CC.CC/C=C(\C)Cl.CCCCc1cc(NC(=O)N/C(C)=C\Cl)n(-c2cccc(CO)c2)n1. The van der Waals surface area contributed by atoms with Gasteiger partial charge in [-0.05, 0) is 50.8 Å². The van der Waals surface area contributed by atoms with Crippen molar-refractivity contribution in [2.75, 3.05) is 5.32 Å². The van der Waals surface area contributed by atoms with Crippen LogP contribution in [0.4, 0.5) is 10.6 Å². The van der Waals surface area contributed by atoms with Gasteiger partial charge in [0.2, 0.25) is 0 Å². The van der Waals surface area contributed by atoms with Crippen LogP contribution in [-0.4, -0.2) is 20.9 Å². The number of nitrogens with one attached hydrogen (secondary N) is 2. The maximum atomic E-state index is 12.1. The molecular formula is C25H38Cl2N4O2. The molecule has 8 heteroatoms. The minimum Gasteiger partial charge on any atom is -0.392 e. The van der Waals surface area contributed by atoms with Crippen molar-refractivity contribution in [1.82, 2.24) is 15.1 Å². The summed E-state index contributed by atoms with van der Waals surface area (Å²) in [5.74, 6) is 0.557. The Morgan fingerprint density at radius 2 is 1.91 bits per heavy atom. The van der Waals surface area contributed by atoms with Crippen LogP contribution in [-0.2, 0) is 13.0 Å². The lowest BCUT2D eigenvalue weighted by Gasteiger charge is -2.10. The number of carbonyl (C=O) groups is 1. The number of aryl methyl sites for hydroxylation is 1. The monoisotopic (exact) mass is 496 g/mol. The van der Waals surface area contributed by atoms with Gasteiger partial charge in [-0.25, -0.2) is 9.48 Å². The van der Waals surface area contributed by atoms with Gasteiger partial charge in [0, 0.05) is 22.3 Å². The van der Waals surface area contributed by atoms with E-state index in [2.05, 4.69) is 29.6 Å². The van der Waals surface area contributed by atoms with Gasteiger partial charge in [-0.3, -0.25) is 5.32 Å². The predicted molar refractivity (Wildman–Crippen MR) is 141 cm³/mol. The minimum atomic E-state index is -0.393. The second-order valence-corrected chi connectivity index (χ2v) is 7.75. The van der Waals surface area contributed by atoms with Crippen molar-refractivity contribution < 1.29 is 9.90 Å². The van der Waals surface area contributed by atoms with E-state index in [9.17, 15) is 9.90 Å². The Morgan fingerprint density at radius 3 is 2.42 bits per heavy atom. The fourth-order valence-electron chi connectivity index (χ4n) is 2.62. The predicted octanol–water partition coefficient (Wildman–Crippen LogP) is 7.49. The first-order valence-corrected chi connectivity index (χ1v) is 12.1. The smallest absolute Gasteiger partial charge is 0.324 e. The summed E-state index contributed by atoms with van der Waals surface area (Å²) in [4.78, 5) is 12.1. The summed E-state index contributed by atoms with van der Waals surface area (Å²) in [5.41, 5.74) is 4.29. The summed E-state index contributed by atoms with van der Waals surface area (Å²) in [6.45, 7) is 11.7. The molecule has 3 N–H and O–H groups in total. The topological polar surface area (TPSA) is 79.2 Å². The van der Waals surface area contributed by atoms with Crippen molar-refractivity contribution in [3.63, 3.8) is 0 Å². The van der Waals surface area contributed by atoms with Gasteiger partial charge in [0.05, 0.1) is 18.0 Å². The normalized spacial score (nSPS) is 11.1. The molecule has 1 aromatic heterocycles. The number of halogens is 2. The van der Waals surface area contributed by atoms with E-state index in [1.165, 1.54) is 5.54 Å². The maximum absolute atomic E-state index is 12.1. The highest BCUT2D eigenvalue weighted by Gasteiger charge is 2.13. The Hall–Kier alpha value is -2.28. The molecule has 2 aromatic rings. The Morgan fingerprint density at radius 1 is 1.21 bits per heavy atom. The average Bonchev–Trinajstić information content (AvgIpc) is 3.21. The Bertz CT molecular complexity index is 888. The first-order chi connectivity index (χ1) is 15.8. The lowest BCUT2D eigenvalue weighted by molar-refractivity contribution is 0.254. The van der Waals surface area contributed by atoms with Gasteiger partial charge in [0.25, 0.3) is 0 Å². The van der Waals surface area contributed by atoms with E-state index in [0.717, 1.165) is 47.7 Å². The molecule has 33 heavy (non-hydrogen) atoms. The van der Waals surface area contributed by atoms with Crippen LogP contribution in [0.25, 0.3) is 5.69 Å². The van der Waals surface area contributed by atoms with E-state index in [4.69, 9.17) is 23.2 Å². The fraction of sp³-hybridized carbons (Fsp3) is 0.440. The van der Waals surface area contributed by atoms with Gasteiger partial charge in [-0.15, -0.1) is 0 Å². The number of hydrogen-bond donors (Lipinski definition) is 3. The summed E-state index contributed by atoms with van der Waals surface area (Å²) in [6, 6.07) is 8.86. The minimum absolute atomic E-state index is 0.0548. The molecule has 0 saturated carbocycles. The standard InChI is InChI=1S/C18H23ClN4O2.C5H9Cl.C2H6/c1-3-4-7-15-10-17(21-18(25)20-13(2)11-19)23(22-15)16-8-5-6-14(9-16)12-24;1-3-4-5(2)6;1-2/h5-6,8-11,24H,3-4,7,12H2,1-2H3,(H2,20,21,25);4H,3H2,1-2H3;1-2H3/b13-11-;5-4+;. The number of hydrogen-bond acceptors (Lipinski definition) is 3. The number of aliphatic hydroxyl groups excluding tert-OH is 1. The average molecular weight is 498 g/mol. The van der Waals surface area contributed by atoms with Crippen LogP contribution in [0.5, 0.6) is 0 Å². The number of urea groups is 1. The number of aromatic nitrogens is 2. The highest BCUT2D eigenvalue weighted by Crippen LogP contribution is 2.20. The molecule has 0 unspecified atom stereocenters. The molecule has 0 aliphatic carbocycles. The molecule has 0 aliphatic rings. The number of nitrogens with zero attached hydrogens (tertiary/aromatic N) is 2. The number of allylic oxidation sites excluding steroid dienone is 3. The highest BCUT2D eigenvalue weighted by atomic mass is 35.5. The lowest BCUT2D eigenvalue weighted by atomic mass is 10.2. The molecule has 0 atom stereocenters. The molecule has 1 heterocycles. The van der Waals surface area contributed by atoms with Crippen LogP contribution in [0.2, 0.25) is 0 Å². The number of anilines is 1. The zero-order chi connectivity index (χ0) is 25.2. The second-order valence-electron chi connectivity index (χ2n) is 6.93. The quantitative estimate of drug-likeness (QED) is 0.353. The van der Waals surface area contributed by atoms with Gasteiger partial charge < -0.3 is 10.4 Å². The molecule has 0 bridgehead atoms. The Balaban J connectivity index is 0.00000111. The lowest BCUT2D eigenvalue weighted by Crippen LogP contribution is -2.28. The molecular weight excluding hydrogens is 459 g/mol. The first-order valence-electron chi connectivity index (χ1n) is 11.3. The zero-order valence-corrected chi connectivity index (χ0v) is 22.1. The van der Waals surface area contributed by atoms with E-state index in [-0.39, 0.29) is 6.61 Å². The molecule has 0 radical (unpaired) electrons. The van der Waals surface area contributed by atoms with Crippen molar-refractivity contribution in [2.24, 2.45) is 0 Å². The maximum Gasteiger partial charge on any atom is 0.324 e. The summed E-state index contributed by atoms with van der Waals surface area (Å²) in [6.07, 6.45) is 5.93. The van der Waals surface area contributed by atoms with Crippen molar-refractivity contribution in [2.45, 2.75) is 73.8 Å². The molecule has 2 amide bonds. The molecule has 6 nitrogen and oxygen atoms in total. The summed E-state index contributed by atoms with van der Waals surface area (Å²) >= 11 is 11.0. The number of rotatable bonds is 8. The number of carbonyl (C=O) groups excluding carboxylic acids is 1. The summed E-state index contributed by atoms with van der Waals surface area (Å²) < 4.78 is 1.67. The van der Waals surface area contributed by atoms with Crippen molar-refractivity contribution >= 4 is 35.1 Å². The van der Waals surface area contributed by atoms with Gasteiger partial charge in [-0.1, -0.05) is 75.5 Å². The van der Waals surface area contributed by atoms with E-state index < -0.39 is 6.03 Å². The largest absolute Gasteiger partial charge is 0.392 e. The van der Waals surface area contributed by atoms with Crippen LogP contribution < -0.4 is 10.6 Å². The third-order valence-corrected chi connectivity index (χ3v) is 4.57. The molecule has 2 rings (SSSR count). The number of benzene rings is 1. The van der Waals surface area contributed by atoms with Gasteiger partial charge >= 0.3 is 6.03 Å². The summed E-state index contributed by atoms with van der Waals surface area (Å²) in [7, 11) is 0. The van der Waals surface area contributed by atoms with Crippen molar-refractivity contribution in [3.05, 3.63) is 63.9 Å². The Kier molecular flexibility index (Phi) is 16.9. The molecule has 184 valence electrons. The molecule has 0 aliphatic heterocycles. The van der Waals surface area contributed by atoms with Gasteiger partial charge in [-0.2, -0.15) is 5.10 Å². The number of amides is 2. The summed E-state index contributed by atoms with van der Waals surface area (Å²) in [5, 5.41) is 20.3. The fourth-order valence-corrected chi connectivity index (χ4v) is 2.83. The van der Waals surface area contributed by atoms with Gasteiger partial charge in [0.15, 0.2) is 0 Å². The van der Waals surface area contributed by atoms with E-state index >= 15 is 0 Å². The molecule has 0 fully saturated rings. The van der Waals surface area contributed by atoms with Crippen molar-refractivity contribution in [1.29, 1.82) is 0 Å². The number of aliphatic hydroxyl groups is 1. The van der Waals surface area contributed by atoms with E-state index in [1.807, 2.05) is 57.2 Å². The number of unbranched alkanes of at least 4 members (excludes halogenated alkanes) is 1.